The second kappa shape index (κ2) is 6.06. The highest BCUT2D eigenvalue weighted by Gasteiger charge is 2.09. The maximum Gasteiger partial charge on any atom is 0.181 e. The molecule has 1 N–H and O–H groups in total. The third-order valence-electron chi connectivity index (χ3n) is 3.89. The molecule has 6 heteroatoms. The van der Waals surface area contributed by atoms with Crippen molar-refractivity contribution in [2.45, 2.75) is 6.92 Å². The lowest BCUT2D eigenvalue weighted by Gasteiger charge is -2.09. The van der Waals surface area contributed by atoms with Gasteiger partial charge in [-0.2, -0.15) is 10.4 Å². The molecule has 0 aliphatic rings. The van der Waals surface area contributed by atoms with Gasteiger partial charge in [0.1, 0.15) is 11.6 Å². The molecule has 0 bridgehead atoms. The fourth-order valence-corrected chi connectivity index (χ4v) is 2.70. The molecule has 2 aromatic carbocycles. The molecule has 0 atom stereocenters. The number of nitrogens with zero attached hydrogens (tertiary/aromatic N) is 5. The summed E-state index contributed by atoms with van der Waals surface area (Å²) in [5.74, 6) is 2.25. The number of imidazole rings is 1. The lowest BCUT2D eigenvalue weighted by Crippen LogP contribution is -1.96. The van der Waals surface area contributed by atoms with E-state index in [1.54, 1.807) is 12.3 Å². The zero-order valence-corrected chi connectivity index (χ0v) is 13.5. The van der Waals surface area contributed by atoms with E-state index in [2.05, 4.69) is 26.2 Å². The van der Waals surface area contributed by atoms with Crippen molar-refractivity contribution in [1.29, 1.82) is 5.26 Å². The zero-order valence-electron chi connectivity index (χ0n) is 13.5. The summed E-state index contributed by atoms with van der Waals surface area (Å²) in [6.07, 6.45) is 3.65. The first kappa shape index (κ1) is 14.8. The second-order valence-corrected chi connectivity index (χ2v) is 5.60. The summed E-state index contributed by atoms with van der Waals surface area (Å²) in [6.45, 7) is 1.87. The first-order chi connectivity index (χ1) is 12.2. The predicted octanol–water partition coefficient (Wildman–Crippen LogP) is 3.50. The molecule has 4 aromatic rings. The Morgan fingerprint density at radius 1 is 1.08 bits per heavy atom. The van der Waals surface area contributed by atoms with Gasteiger partial charge < -0.3 is 0 Å². The number of benzene rings is 2. The molecule has 0 aliphatic carbocycles. The van der Waals surface area contributed by atoms with E-state index >= 15 is 0 Å². The fraction of sp³-hybridized carbons (Fsp3) is 0.0526. The summed E-state index contributed by atoms with van der Waals surface area (Å²) < 4.78 is 1.99. The van der Waals surface area contributed by atoms with Gasteiger partial charge in [0.15, 0.2) is 5.82 Å². The van der Waals surface area contributed by atoms with Crippen molar-refractivity contribution in [3.05, 3.63) is 72.3 Å². The molecule has 0 saturated heterocycles. The molecular weight excluding hydrogens is 312 g/mol. The van der Waals surface area contributed by atoms with Crippen molar-refractivity contribution >= 4 is 0 Å². The molecule has 0 fully saturated rings. The van der Waals surface area contributed by atoms with Crippen molar-refractivity contribution in [2.75, 3.05) is 0 Å². The van der Waals surface area contributed by atoms with Gasteiger partial charge in [-0.15, -0.1) is 0 Å². The van der Waals surface area contributed by atoms with Gasteiger partial charge >= 0.3 is 0 Å². The minimum Gasteiger partial charge on any atom is -0.300 e. The lowest BCUT2D eigenvalue weighted by molar-refractivity contribution is 1.04. The highest BCUT2D eigenvalue weighted by Crippen LogP contribution is 2.24. The standard InChI is InChI=1S/C19H14N6/c1-13-22-18(24-23-13)15-5-7-17(8-6-15)25-10-9-21-19(25)16-4-2-3-14(11-16)12-20/h2-11H,1H3,(H,22,23,24). The number of nitrogens with one attached hydrogen (secondary N) is 1. The van der Waals surface area contributed by atoms with Crippen LogP contribution in [-0.2, 0) is 0 Å². The van der Waals surface area contributed by atoms with E-state index < -0.39 is 0 Å². The minimum absolute atomic E-state index is 0.613. The number of hydrogen-bond donors (Lipinski definition) is 1. The van der Waals surface area contributed by atoms with Crippen LogP contribution in [0.2, 0.25) is 0 Å². The Labute approximate surface area is 144 Å². The third kappa shape index (κ3) is 2.79. The van der Waals surface area contributed by atoms with Crippen LogP contribution in [0.5, 0.6) is 0 Å². The van der Waals surface area contributed by atoms with Crippen molar-refractivity contribution in [3.8, 4) is 34.5 Å². The van der Waals surface area contributed by atoms with Crippen LogP contribution in [0.25, 0.3) is 28.5 Å². The maximum absolute atomic E-state index is 9.09. The van der Waals surface area contributed by atoms with Crippen LogP contribution in [0, 0.1) is 18.3 Å². The Kier molecular flexibility index (Phi) is 3.60. The van der Waals surface area contributed by atoms with E-state index in [0.717, 1.165) is 28.5 Å². The van der Waals surface area contributed by atoms with Gasteiger partial charge in [0.25, 0.3) is 0 Å². The third-order valence-corrected chi connectivity index (χ3v) is 3.89. The summed E-state index contributed by atoms with van der Waals surface area (Å²) in [5.41, 5.74) is 3.44. The van der Waals surface area contributed by atoms with Gasteiger partial charge in [0, 0.05) is 29.2 Å². The van der Waals surface area contributed by atoms with Crippen molar-refractivity contribution in [3.63, 3.8) is 0 Å². The Hall–Kier alpha value is -3.72. The number of aryl methyl sites for hydroxylation is 1. The molecule has 25 heavy (non-hydrogen) atoms. The predicted molar refractivity (Wildman–Crippen MR) is 93.8 cm³/mol. The highest BCUT2D eigenvalue weighted by molar-refractivity contribution is 5.62. The van der Waals surface area contributed by atoms with Gasteiger partial charge in [0.2, 0.25) is 0 Å². The Morgan fingerprint density at radius 2 is 1.92 bits per heavy atom. The monoisotopic (exact) mass is 326 g/mol. The summed E-state index contributed by atoms with van der Waals surface area (Å²) in [7, 11) is 0. The normalized spacial score (nSPS) is 10.6. The van der Waals surface area contributed by atoms with Crippen LogP contribution in [-0.4, -0.2) is 24.7 Å². The zero-order chi connectivity index (χ0) is 17.2. The molecule has 6 nitrogen and oxygen atoms in total. The molecular formula is C19H14N6. The van der Waals surface area contributed by atoms with Crippen LogP contribution in [0.1, 0.15) is 11.4 Å². The molecule has 4 rings (SSSR count). The number of nitriles is 1. The minimum atomic E-state index is 0.613. The van der Waals surface area contributed by atoms with Crippen LogP contribution >= 0.6 is 0 Å². The number of H-pyrrole nitrogens is 1. The Bertz CT molecular complexity index is 1070. The molecule has 2 aromatic heterocycles. The molecule has 2 heterocycles. The number of rotatable bonds is 3. The number of aromatic amines is 1. The highest BCUT2D eigenvalue weighted by atomic mass is 15.2. The van der Waals surface area contributed by atoms with Crippen LogP contribution in [0.3, 0.4) is 0 Å². The van der Waals surface area contributed by atoms with Crippen LogP contribution in [0.15, 0.2) is 60.9 Å². The molecule has 120 valence electrons. The molecule has 0 unspecified atom stereocenters. The van der Waals surface area contributed by atoms with Gasteiger partial charge in [-0.1, -0.05) is 12.1 Å². The van der Waals surface area contributed by atoms with Crippen LogP contribution < -0.4 is 0 Å². The smallest absolute Gasteiger partial charge is 0.181 e. The van der Waals surface area contributed by atoms with Crippen molar-refractivity contribution < 1.29 is 0 Å². The van der Waals surface area contributed by atoms with Gasteiger partial charge in [-0.05, 0) is 43.3 Å². The van der Waals surface area contributed by atoms with E-state index in [-0.39, 0.29) is 0 Å². The fourth-order valence-electron chi connectivity index (χ4n) is 2.70. The first-order valence-corrected chi connectivity index (χ1v) is 7.78. The molecule has 0 saturated carbocycles. The van der Waals surface area contributed by atoms with Crippen molar-refractivity contribution in [2.24, 2.45) is 0 Å². The molecule has 0 radical (unpaired) electrons. The first-order valence-electron chi connectivity index (χ1n) is 7.78. The average Bonchev–Trinajstić information content (AvgIpc) is 3.31. The van der Waals surface area contributed by atoms with E-state index in [1.807, 2.05) is 60.2 Å². The number of aromatic nitrogens is 5. The van der Waals surface area contributed by atoms with E-state index in [1.165, 1.54) is 0 Å². The SMILES string of the molecule is Cc1nc(-c2ccc(-n3ccnc3-c3cccc(C#N)c3)cc2)n[nH]1. The molecule has 0 aliphatic heterocycles. The number of hydrogen-bond acceptors (Lipinski definition) is 4. The maximum atomic E-state index is 9.09. The molecule has 0 amide bonds. The van der Waals surface area contributed by atoms with Gasteiger partial charge in [0.05, 0.1) is 11.6 Å². The summed E-state index contributed by atoms with van der Waals surface area (Å²) in [4.78, 5) is 8.79. The summed E-state index contributed by atoms with van der Waals surface area (Å²) >= 11 is 0. The van der Waals surface area contributed by atoms with Crippen LogP contribution in [0.4, 0.5) is 0 Å². The lowest BCUT2D eigenvalue weighted by atomic mass is 10.1. The van der Waals surface area contributed by atoms with E-state index in [0.29, 0.717) is 11.4 Å². The van der Waals surface area contributed by atoms with Crippen molar-refractivity contribution in [1.82, 2.24) is 24.7 Å². The Morgan fingerprint density at radius 3 is 2.64 bits per heavy atom. The summed E-state index contributed by atoms with van der Waals surface area (Å²) in [5, 5.41) is 16.1. The quantitative estimate of drug-likeness (QED) is 0.624. The van der Waals surface area contributed by atoms with Gasteiger partial charge in [-0.25, -0.2) is 9.97 Å². The van der Waals surface area contributed by atoms with E-state index in [9.17, 15) is 0 Å². The van der Waals surface area contributed by atoms with E-state index in [4.69, 9.17) is 5.26 Å². The topological polar surface area (TPSA) is 83.2 Å². The molecule has 0 spiro atoms. The summed E-state index contributed by atoms with van der Waals surface area (Å²) in [6, 6.07) is 17.6. The van der Waals surface area contributed by atoms with Gasteiger partial charge in [-0.3, -0.25) is 9.67 Å². The Balaban J connectivity index is 1.72. The largest absolute Gasteiger partial charge is 0.300 e. The second-order valence-electron chi connectivity index (χ2n) is 5.60. The average molecular weight is 326 g/mol.